The van der Waals surface area contributed by atoms with Crippen molar-refractivity contribution in [2.45, 2.75) is 36.5 Å². The van der Waals surface area contributed by atoms with Crippen molar-refractivity contribution in [2.24, 2.45) is 23.7 Å². The van der Waals surface area contributed by atoms with Gasteiger partial charge in [-0.1, -0.05) is 97.1 Å². The van der Waals surface area contributed by atoms with Gasteiger partial charge in [0.05, 0.1) is 0 Å². The lowest BCUT2D eigenvalue weighted by atomic mass is 9.24. The number of hydrogen-bond acceptors (Lipinski definition) is 2. The molecule has 0 bridgehead atoms. The van der Waals surface area contributed by atoms with Crippen molar-refractivity contribution in [1.29, 1.82) is 0 Å². The standard InChI is InChI=1S/C46H40N2/c1-5-17-35(18-6-1)47(36-19-7-2-8-20-36)39-25-13-15-33(31-39)45-41-27-28-42(45)44-30-29-43(41)46(44,45)34-16-14-26-40(32-34)48(37-21-9-3-10-22-37)38-23-11-4-12-24-38/h1-26,31-32,41-44H,27-30H2. The first-order chi connectivity index (χ1) is 23.8. The van der Waals surface area contributed by atoms with Crippen LogP contribution in [0, 0.1) is 23.7 Å². The zero-order valence-electron chi connectivity index (χ0n) is 27.2. The highest BCUT2D eigenvalue weighted by Gasteiger charge is 2.88. The quantitative estimate of drug-likeness (QED) is 0.167. The molecule has 0 radical (unpaired) electrons. The van der Waals surface area contributed by atoms with Crippen LogP contribution < -0.4 is 9.80 Å². The molecule has 0 aromatic heterocycles. The SMILES string of the molecule is c1ccc(N(c2ccccc2)c2cccc(C34C5CCC3C3CCC5C34c3cccc(N(c4ccccc4)c4ccccc4)c3)c2)cc1. The normalized spacial score (nSPS) is 27.4. The first-order valence-corrected chi connectivity index (χ1v) is 17.8. The third-order valence-electron chi connectivity index (χ3n) is 12.8. The molecule has 6 aromatic rings. The average molecular weight is 621 g/mol. The van der Waals surface area contributed by atoms with E-state index in [0.717, 1.165) is 23.7 Å². The van der Waals surface area contributed by atoms with E-state index in [4.69, 9.17) is 0 Å². The van der Waals surface area contributed by atoms with Crippen molar-refractivity contribution >= 4 is 34.1 Å². The molecule has 4 atom stereocenters. The smallest absolute Gasteiger partial charge is 0.0464 e. The molecule has 4 aliphatic rings. The predicted octanol–water partition coefficient (Wildman–Crippen LogP) is 11.9. The number of anilines is 6. The minimum absolute atomic E-state index is 0.205. The van der Waals surface area contributed by atoms with Crippen molar-refractivity contribution in [2.75, 3.05) is 9.80 Å². The van der Waals surface area contributed by atoms with Crippen LogP contribution in [-0.2, 0) is 10.8 Å². The molecule has 48 heavy (non-hydrogen) atoms. The topological polar surface area (TPSA) is 6.48 Å². The lowest BCUT2D eigenvalue weighted by Crippen LogP contribution is -2.80. The van der Waals surface area contributed by atoms with E-state index in [1.165, 1.54) is 59.8 Å². The Morgan fingerprint density at radius 1 is 0.312 bits per heavy atom. The van der Waals surface area contributed by atoms with E-state index in [1.807, 2.05) is 0 Å². The molecule has 2 nitrogen and oxygen atoms in total. The van der Waals surface area contributed by atoms with E-state index in [1.54, 1.807) is 11.1 Å². The molecule has 4 saturated carbocycles. The van der Waals surface area contributed by atoms with Crippen LogP contribution in [0.4, 0.5) is 34.1 Å². The number of hydrogen-bond donors (Lipinski definition) is 0. The number of fused-ring (bicyclic) bond motifs is 2. The largest absolute Gasteiger partial charge is 0.310 e. The minimum Gasteiger partial charge on any atom is -0.310 e. The van der Waals surface area contributed by atoms with Crippen molar-refractivity contribution in [3.63, 3.8) is 0 Å². The molecule has 0 N–H and O–H groups in total. The fourth-order valence-corrected chi connectivity index (χ4v) is 11.6. The molecule has 4 unspecified atom stereocenters. The van der Waals surface area contributed by atoms with Crippen molar-refractivity contribution in [3.05, 3.63) is 181 Å². The highest BCUT2D eigenvalue weighted by molar-refractivity contribution is 5.79. The van der Waals surface area contributed by atoms with Gasteiger partial charge < -0.3 is 9.80 Å². The van der Waals surface area contributed by atoms with Gasteiger partial charge in [-0.3, -0.25) is 0 Å². The van der Waals surface area contributed by atoms with E-state index >= 15 is 0 Å². The average Bonchev–Trinajstić information content (AvgIpc) is 3.46. The van der Waals surface area contributed by atoms with Gasteiger partial charge in [-0.05, 0) is 133 Å². The Bertz CT molecular complexity index is 1820. The summed E-state index contributed by atoms with van der Waals surface area (Å²) in [5.41, 5.74) is 10.8. The van der Waals surface area contributed by atoms with Gasteiger partial charge in [0, 0.05) is 45.0 Å². The summed E-state index contributed by atoms with van der Waals surface area (Å²) in [6, 6.07) is 62.9. The molecule has 0 spiro atoms. The third-order valence-corrected chi connectivity index (χ3v) is 12.8. The van der Waals surface area contributed by atoms with Crippen LogP contribution in [0.25, 0.3) is 0 Å². The van der Waals surface area contributed by atoms with E-state index in [9.17, 15) is 0 Å². The molecule has 2 heteroatoms. The van der Waals surface area contributed by atoms with E-state index < -0.39 is 0 Å². The fourth-order valence-electron chi connectivity index (χ4n) is 11.6. The second-order valence-electron chi connectivity index (χ2n) is 14.4. The maximum absolute atomic E-state index is 2.57. The molecule has 0 saturated heterocycles. The van der Waals surface area contributed by atoms with Crippen LogP contribution in [0.15, 0.2) is 170 Å². The summed E-state index contributed by atoms with van der Waals surface area (Å²) >= 11 is 0. The molecule has 0 amide bonds. The maximum Gasteiger partial charge on any atom is 0.0464 e. The number of para-hydroxylation sites is 4. The molecule has 0 aliphatic heterocycles. The summed E-state index contributed by atoms with van der Waals surface area (Å²) in [5.74, 6) is 3.06. The molecule has 4 fully saturated rings. The van der Waals surface area contributed by atoms with Crippen LogP contribution in [0.1, 0.15) is 36.8 Å². The van der Waals surface area contributed by atoms with Crippen molar-refractivity contribution < 1.29 is 0 Å². The molecule has 10 rings (SSSR count). The molecule has 0 heterocycles. The third kappa shape index (κ3) is 3.64. The first-order valence-electron chi connectivity index (χ1n) is 17.8. The molecule has 6 aromatic carbocycles. The summed E-state index contributed by atoms with van der Waals surface area (Å²) in [6.45, 7) is 0. The number of benzene rings is 6. The van der Waals surface area contributed by atoms with E-state index in [2.05, 4.69) is 180 Å². The van der Waals surface area contributed by atoms with Gasteiger partial charge in [0.1, 0.15) is 0 Å². The first kappa shape index (κ1) is 28.0. The summed E-state index contributed by atoms with van der Waals surface area (Å²) in [6.07, 6.45) is 5.50. The Kier molecular flexibility index (Phi) is 6.25. The Balaban J connectivity index is 1.12. The van der Waals surface area contributed by atoms with Crippen molar-refractivity contribution in [3.8, 4) is 0 Å². The Labute approximate surface area is 284 Å². The number of rotatable bonds is 8. The molecule has 4 aliphatic carbocycles. The van der Waals surface area contributed by atoms with Crippen LogP contribution >= 0.6 is 0 Å². The Morgan fingerprint density at radius 2 is 0.583 bits per heavy atom. The summed E-state index contributed by atoms with van der Waals surface area (Å²) < 4.78 is 0. The molecular weight excluding hydrogens is 581 g/mol. The van der Waals surface area contributed by atoms with E-state index in [-0.39, 0.29) is 10.8 Å². The lowest BCUT2D eigenvalue weighted by Gasteiger charge is -2.78. The highest BCUT2D eigenvalue weighted by Crippen LogP contribution is 2.90. The lowest BCUT2D eigenvalue weighted by molar-refractivity contribution is -0.195. The summed E-state index contributed by atoms with van der Waals surface area (Å²) in [4.78, 5) is 4.88. The van der Waals surface area contributed by atoms with Crippen LogP contribution in [-0.4, -0.2) is 0 Å². The van der Waals surface area contributed by atoms with Crippen molar-refractivity contribution in [1.82, 2.24) is 0 Å². The minimum atomic E-state index is 0.205. The molecular formula is C46H40N2. The fraction of sp³-hybridized carbons (Fsp3) is 0.217. The van der Waals surface area contributed by atoms with Gasteiger partial charge in [-0.2, -0.15) is 0 Å². The summed E-state index contributed by atoms with van der Waals surface area (Å²) in [7, 11) is 0. The number of nitrogens with zero attached hydrogens (tertiary/aromatic N) is 2. The van der Waals surface area contributed by atoms with Gasteiger partial charge in [0.25, 0.3) is 0 Å². The van der Waals surface area contributed by atoms with E-state index in [0.29, 0.717) is 0 Å². The predicted molar refractivity (Wildman–Crippen MR) is 198 cm³/mol. The Hall–Kier alpha value is -5.08. The van der Waals surface area contributed by atoms with Gasteiger partial charge in [-0.25, -0.2) is 0 Å². The second-order valence-corrected chi connectivity index (χ2v) is 14.4. The van der Waals surface area contributed by atoms with Gasteiger partial charge in [-0.15, -0.1) is 0 Å². The van der Waals surface area contributed by atoms with Crippen LogP contribution in [0.3, 0.4) is 0 Å². The van der Waals surface area contributed by atoms with Crippen LogP contribution in [0.5, 0.6) is 0 Å². The summed E-state index contributed by atoms with van der Waals surface area (Å²) in [5, 5.41) is 0. The maximum atomic E-state index is 2.57. The van der Waals surface area contributed by atoms with Gasteiger partial charge in [0.15, 0.2) is 0 Å². The van der Waals surface area contributed by atoms with Gasteiger partial charge >= 0.3 is 0 Å². The second kappa shape index (κ2) is 10.7. The zero-order chi connectivity index (χ0) is 31.7. The van der Waals surface area contributed by atoms with Crippen LogP contribution in [0.2, 0.25) is 0 Å². The monoisotopic (exact) mass is 620 g/mol. The zero-order valence-corrected chi connectivity index (χ0v) is 27.2. The Morgan fingerprint density at radius 3 is 0.875 bits per heavy atom. The highest BCUT2D eigenvalue weighted by atomic mass is 15.1. The molecule has 234 valence electrons. The van der Waals surface area contributed by atoms with Gasteiger partial charge in [0.2, 0.25) is 0 Å².